The molecule has 0 amide bonds. The quantitative estimate of drug-likeness (QED) is 0.713. The Hall–Kier alpha value is -1.29. The molecule has 1 N–H and O–H groups in total. The van der Waals surface area contributed by atoms with Crippen LogP contribution < -0.4 is 0 Å². The maximum absolute atomic E-state index is 11.2. The zero-order valence-electron chi connectivity index (χ0n) is 7.61. The SMILES string of the molecule is CC[C@](O)(C(=O)OC)c1ccoc1. The summed E-state index contributed by atoms with van der Waals surface area (Å²) in [5.74, 6) is -0.670. The predicted molar refractivity (Wildman–Crippen MR) is 44.9 cm³/mol. The number of carbonyl (C=O) groups excluding carboxylic acids is 1. The third-order valence-electron chi connectivity index (χ3n) is 2.03. The second kappa shape index (κ2) is 3.62. The second-order valence-corrected chi connectivity index (χ2v) is 2.72. The molecule has 4 heteroatoms. The Morgan fingerprint density at radius 1 is 1.77 bits per heavy atom. The summed E-state index contributed by atoms with van der Waals surface area (Å²) in [6.07, 6.45) is 2.98. The minimum atomic E-state index is -1.58. The fraction of sp³-hybridized carbons (Fsp3) is 0.444. The van der Waals surface area contributed by atoms with Crippen LogP contribution in [-0.4, -0.2) is 18.2 Å². The first-order valence-corrected chi connectivity index (χ1v) is 3.98. The lowest BCUT2D eigenvalue weighted by atomic mass is 9.94. The van der Waals surface area contributed by atoms with E-state index in [1.807, 2.05) is 0 Å². The van der Waals surface area contributed by atoms with Gasteiger partial charge in [-0.2, -0.15) is 0 Å². The van der Waals surface area contributed by atoms with E-state index in [0.717, 1.165) is 0 Å². The van der Waals surface area contributed by atoms with Crippen LogP contribution in [0.25, 0.3) is 0 Å². The molecule has 1 rings (SSSR count). The Morgan fingerprint density at radius 3 is 2.85 bits per heavy atom. The molecule has 72 valence electrons. The second-order valence-electron chi connectivity index (χ2n) is 2.72. The van der Waals surface area contributed by atoms with Crippen molar-refractivity contribution in [2.75, 3.05) is 7.11 Å². The normalized spacial score (nSPS) is 15.0. The van der Waals surface area contributed by atoms with Gasteiger partial charge in [0.2, 0.25) is 0 Å². The average molecular weight is 184 g/mol. The van der Waals surface area contributed by atoms with Crippen molar-refractivity contribution in [2.24, 2.45) is 0 Å². The molecule has 1 aromatic rings. The molecule has 0 saturated heterocycles. The van der Waals surface area contributed by atoms with E-state index in [1.54, 1.807) is 13.0 Å². The van der Waals surface area contributed by atoms with Crippen LogP contribution in [0.15, 0.2) is 23.0 Å². The zero-order chi connectivity index (χ0) is 9.90. The van der Waals surface area contributed by atoms with Crippen molar-refractivity contribution in [3.8, 4) is 0 Å². The molecular weight excluding hydrogens is 172 g/mol. The summed E-state index contributed by atoms with van der Waals surface area (Å²) in [7, 11) is 1.24. The smallest absolute Gasteiger partial charge is 0.342 e. The van der Waals surface area contributed by atoms with Gasteiger partial charge >= 0.3 is 5.97 Å². The molecule has 0 aromatic carbocycles. The number of furan rings is 1. The summed E-state index contributed by atoms with van der Waals surface area (Å²) in [5, 5.41) is 9.91. The lowest BCUT2D eigenvalue weighted by Gasteiger charge is -2.21. The molecule has 1 atom stereocenters. The van der Waals surface area contributed by atoms with Crippen LogP contribution in [0.4, 0.5) is 0 Å². The maximum atomic E-state index is 11.2. The van der Waals surface area contributed by atoms with Crippen molar-refractivity contribution in [1.29, 1.82) is 0 Å². The lowest BCUT2D eigenvalue weighted by Crippen LogP contribution is -2.35. The molecule has 4 nitrogen and oxygen atoms in total. The van der Waals surface area contributed by atoms with Crippen molar-refractivity contribution < 1.29 is 19.1 Å². The van der Waals surface area contributed by atoms with Crippen molar-refractivity contribution in [3.63, 3.8) is 0 Å². The topological polar surface area (TPSA) is 59.7 Å². The van der Waals surface area contributed by atoms with E-state index >= 15 is 0 Å². The monoisotopic (exact) mass is 184 g/mol. The van der Waals surface area contributed by atoms with Gasteiger partial charge in [0.25, 0.3) is 0 Å². The van der Waals surface area contributed by atoms with Crippen LogP contribution in [0.5, 0.6) is 0 Å². The summed E-state index contributed by atoms with van der Waals surface area (Å²) in [6.45, 7) is 1.70. The molecule has 0 unspecified atom stereocenters. The van der Waals surface area contributed by atoms with Gasteiger partial charge in [0.15, 0.2) is 5.60 Å². The highest BCUT2D eigenvalue weighted by atomic mass is 16.5. The van der Waals surface area contributed by atoms with Crippen molar-refractivity contribution >= 4 is 5.97 Å². The number of ether oxygens (including phenoxy) is 1. The predicted octanol–water partition coefficient (Wildman–Crippen LogP) is 1.05. The Bertz CT molecular complexity index is 278. The molecular formula is C9H12O4. The van der Waals surface area contributed by atoms with E-state index in [0.29, 0.717) is 5.56 Å². The van der Waals surface area contributed by atoms with Gasteiger partial charge in [0.1, 0.15) is 0 Å². The van der Waals surface area contributed by atoms with E-state index in [9.17, 15) is 9.90 Å². The minimum absolute atomic E-state index is 0.249. The number of hydrogen-bond acceptors (Lipinski definition) is 4. The van der Waals surface area contributed by atoms with Gasteiger partial charge in [0.05, 0.1) is 19.6 Å². The van der Waals surface area contributed by atoms with Crippen LogP contribution >= 0.6 is 0 Å². The zero-order valence-corrected chi connectivity index (χ0v) is 7.61. The number of hydrogen-bond donors (Lipinski definition) is 1. The number of aliphatic hydroxyl groups is 1. The van der Waals surface area contributed by atoms with E-state index in [-0.39, 0.29) is 6.42 Å². The van der Waals surface area contributed by atoms with E-state index < -0.39 is 11.6 Å². The molecule has 0 radical (unpaired) electrons. The number of methoxy groups -OCH3 is 1. The van der Waals surface area contributed by atoms with Gasteiger partial charge in [-0.05, 0) is 12.5 Å². The highest BCUT2D eigenvalue weighted by Crippen LogP contribution is 2.26. The van der Waals surface area contributed by atoms with E-state index in [1.165, 1.54) is 19.6 Å². The van der Waals surface area contributed by atoms with Gasteiger partial charge in [-0.25, -0.2) is 4.79 Å². The molecule has 0 bridgehead atoms. The summed E-state index contributed by atoms with van der Waals surface area (Å²) >= 11 is 0. The molecule has 13 heavy (non-hydrogen) atoms. The fourth-order valence-electron chi connectivity index (χ4n) is 1.13. The van der Waals surface area contributed by atoms with Crippen LogP contribution in [-0.2, 0) is 15.1 Å². The highest BCUT2D eigenvalue weighted by molar-refractivity contribution is 5.80. The van der Waals surface area contributed by atoms with E-state index in [2.05, 4.69) is 4.74 Å². The Morgan fingerprint density at radius 2 is 2.46 bits per heavy atom. The fourth-order valence-corrected chi connectivity index (χ4v) is 1.13. The molecule has 0 saturated carbocycles. The summed E-state index contributed by atoms with van der Waals surface area (Å²) < 4.78 is 9.29. The Labute approximate surface area is 76.1 Å². The van der Waals surface area contributed by atoms with E-state index in [4.69, 9.17) is 4.42 Å². The summed E-state index contributed by atoms with van der Waals surface area (Å²) in [5.41, 5.74) is -1.16. The van der Waals surface area contributed by atoms with Crippen molar-refractivity contribution in [1.82, 2.24) is 0 Å². The van der Waals surface area contributed by atoms with Gasteiger partial charge in [0, 0.05) is 5.56 Å². The maximum Gasteiger partial charge on any atom is 0.342 e. The van der Waals surface area contributed by atoms with Gasteiger partial charge in [-0.3, -0.25) is 0 Å². The van der Waals surface area contributed by atoms with Gasteiger partial charge < -0.3 is 14.3 Å². The molecule has 0 fully saturated rings. The standard InChI is InChI=1S/C9H12O4/c1-3-9(11,8(10)12-2)7-4-5-13-6-7/h4-6,11H,3H2,1-2H3/t9-/m1/s1. The Kier molecular flexibility index (Phi) is 2.72. The number of rotatable bonds is 3. The molecule has 0 spiro atoms. The molecule has 1 heterocycles. The molecule has 0 aliphatic heterocycles. The third kappa shape index (κ3) is 1.58. The minimum Gasteiger partial charge on any atom is -0.472 e. The van der Waals surface area contributed by atoms with Crippen molar-refractivity contribution in [2.45, 2.75) is 18.9 Å². The largest absolute Gasteiger partial charge is 0.472 e. The Balaban J connectivity index is 3.01. The third-order valence-corrected chi connectivity index (χ3v) is 2.03. The molecule has 1 aromatic heterocycles. The highest BCUT2D eigenvalue weighted by Gasteiger charge is 2.38. The number of esters is 1. The molecule has 0 aliphatic carbocycles. The molecule has 0 aliphatic rings. The van der Waals surface area contributed by atoms with Crippen LogP contribution in [0.1, 0.15) is 18.9 Å². The lowest BCUT2D eigenvalue weighted by molar-refractivity contribution is -0.164. The van der Waals surface area contributed by atoms with Crippen LogP contribution in [0, 0.1) is 0 Å². The average Bonchev–Trinajstić information content (AvgIpc) is 2.68. The number of carbonyl (C=O) groups is 1. The first-order valence-electron chi connectivity index (χ1n) is 3.98. The van der Waals surface area contributed by atoms with Crippen molar-refractivity contribution in [3.05, 3.63) is 24.2 Å². The van der Waals surface area contributed by atoms with Crippen LogP contribution in [0.2, 0.25) is 0 Å². The van der Waals surface area contributed by atoms with Gasteiger partial charge in [-0.1, -0.05) is 6.92 Å². The van der Waals surface area contributed by atoms with Crippen LogP contribution in [0.3, 0.4) is 0 Å². The van der Waals surface area contributed by atoms with Gasteiger partial charge in [-0.15, -0.1) is 0 Å². The summed E-state index contributed by atoms with van der Waals surface area (Å²) in [6, 6.07) is 1.54. The first kappa shape index (κ1) is 9.80. The first-order chi connectivity index (χ1) is 6.15. The summed E-state index contributed by atoms with van der Waals surface area (Å²) in [4.78, 5) is 11.2.